The second-order valence-electron chi connectivity index (χ2n) is 5.33. The van der Waals surface area contributed by atoms with Crippen LogP contribution in [-0.2, 0) is 4.74 Å². The van der Waals surface area contributed by atoms with Crippen molar-refractivity contribution >= 4 is 0 Å². The summed E-state index contributed by atoms with van der Waals surface area (Å²) in [5, 5.41) is 3.63. The van der Waals surface area contributed by atoms with E-state index < -0.39 is 0 Å². The average molecular weight is 263 g/mol. The van der Waals surface area contributed by atoms with Gasteiger partial charge < -0.3 is 10.1 Å². The van der Waals surface area contributed by atoms with Crippen molar-refractivity contribution in [2.75, 3.05) is 13.2 Å². The summed E-state index contributed by atoms with van der Waals surface area (Å²) in [6.07, 6.45) is 5.40. The molecule has 0 bridgehead atoms. The number of hydrogen-bond acceptors (Lipinski definition) is 2. The molecule has 1 aromatic carbocycles. The van der Waals surface area contributed by atoms with Crippen molar-refractivity contribution < 1.29 is 4.74 Å². The Bertz CT molecular complexity index is 310. The van der Waals surface area contributed by atoms with Gasteiger partial charge in [-0.1, -0.05) is 56.5 Å². The Morgan fingerprint density at radius 3 is 2.47 bits per heavy atom. The topological polar surface area (TPSA) is 21.3 Å². The zero-order valence-electron chi connectivity index (χ0n) is 12.7. The summed E-state index contributed by atoms with van der Waals surface area (Å²) in [5.74, 6) is 0. The molecule has 0 aliphatic carbocycles. The lowest BCUT2D eigenvalue weighted by atomic mass is 10.0. The van der Waals surface area contributed by atoms with E-state index in [-0.39, 0.29) is 0 Å². The molecule has 0 aliphatic heterocycles. The van der Waals surface area contributed by atoms with Crippen molar-refractivity contribution in [1.82, 2.24) is 5.32 Å². The van der Waals surface area contributed by atoms with Crippen LogP contribution in [0.15, 0.2) is 30.3 Å². The van der Waals surface area contributed by atoms with Gasteiger partial charge in [-0.25, -0.2) is 0 Å². The third-order valence-corrected chi connectivity index (χ3v) is 3.24. The van der Waals surface area contributed by atoms with Crippen molar-refractivity contribution in [3.63, 3.8) is 0 Å². The quantitative estimate of drug-likeness (QED) is 0.635. The second kappa shape index (κ2) is 9.99. The van der Waals surface area contributed by atoms with Gasteiger partial charge in [0, 0.05) is 12.6 Å². The fourth-order valence-corrected chi connectivity index (χ4v) is 2.20. The van der Waals surface area contributed by atoms with Crippen molar-refractivity contribution in [3.05, 3.63) is 35.9 Å². The summed E-state index contributed by atoms with van der Waals surface area (Å²) in [5.41, 5.74) is 1.39. The van der Waals surface area contributed by atoms with Gasteiger partial charge in [-0.15, -0.1) is 0 Å². The summed E-state index contributed by atoms with van der Waals surface area (Å²) >= 11 is 0. The van der Waals surface area contributed by atoms with Gasteiger partial charge in [0.2, 0.25) is 0 Å². The molecule has 0 spiro atoms. The summed E-state index contributed by atoms with van der Waals surface area (Å²) in [4.78, 5) is 0. The normalized spacial score (nSPS) is 12.8. The summed E-state index contributed by atoms with van der Waals surface area (Å²) in [7, 11) is 0. The first-order valence-corrected chi connectivity index (χ1v) is 7.64. The summed E-state index contributed by atoms with van der Waals surface area (Å²) in [6, 6.07) is 11.2. The molecular formula is C17H29NO. The van der Waals surface area contributed by atoms with Gasteiger partial charge in [0.05, 0.1) is 12.7 Å². The van der Waals surface area contributed by atoms with Gasteiger partial charge in [0.25, 0.3) is 0 Å². The lowest BCUT2D eigenvalue weighted by Crippen LogP contribution is -2.26. The lowest BCUT2D eigenvalue weighted by Gasteiger charge is -2.19. The van der Waals surface area contributed by atoms with E-state index in [2.05, 4.69) is 56.4 Å². The molecule has 1 unspecified atom stereocenters. The van der Waals surface area contributed by atoms with Crippen LogP contribution in [-0.4, -0.2) is 19.3 Å². The molecule has 0 radical (unpaired) electrons. The molecule has 1 rings (SSSR count). The molecule has 0 saturated carbocycles. The van der Waals surface area contributed by atoms with Crippen molar-refractivity contribution in [1.29, 1.82) is 0 Å². The van der Waals surface area contributed by atoms with E-state index in [0.717, 1.165) is 13.2 Å². The number of rotatable bonds is 10. The first kappa shape index (κ1) is 16.2. The largest absolute Gasteiger partial charge is 0.377 e. The van der Waals surface area contributed by atoms with Gasteiger partial charge in [-0.2, -0.15) is 0 Å². The third kappa shape index (κ3) is 7.34. The minimum Gasteiger partial charge on any atom is -0.377 e. The molecule has 0 amide bonds. The SMILES string of the molecule is CCCCCC(NCCOC(C)C)c1ccccc1. The third-order valence-electron chi connectivity index (χ3n) is 3.24. The van der Waals surface area contributed by atoms with Crippen LogP contribution in [0.1, 0.15) is 58.1 Å². The monoisotopic (exact) mass is 263 g/mol. The predicted molar refractivity (Wildman–Crippen MR) is 82.4 cm³/mol. The van der Waals surface area contributed by atoms with E-state index in [1.165, 1.54) is 31.2 Å². The Morgan fingerprint density at radius 1 is 1.11 bits per heavy atom. The fourth-order valence-electron chi connectivity index (χ4n) is 2.20. The number of ether oxygens (including phenoxy) is 1. The Balaban J connectivity index is 2.41. The van der Waals surface area contributed by atoms with Crippen LogP contribution in [0.2, 0.25) is 0 Å². The zero-order chi connectivity index (χ0) is 13.9. The van der Waals surface area contributed by atoms with E-state index >= 15 is 0 Å². The van der Waals surface area contributed by atoms with E-state index in [9.17, 15) is 0 Å². The van der Waals surface area contributed by atoms with E-state index in [1.54, 1.807) is 0 Å². The van der Waals surface area contributed by atoms with Crippen LogP contribution in [0.3, 0.4) is 0 Å². The van der Waals surface area contributed by atoms with Crippen LogP contribution in [0.5, 0.6) is 0 Å². The highest BCUT2D eigenvalue weighted by Gasteiger charge is 2.09. The highest BCUT2D eigenvalue weighted by molar-refractivity contribution is 5.18. The molecule has 19 heavy (non-hydrogen) atoms. The second-order valence-corrected chi connectivity index (χ2v) is 5.33. The number of hydrogen-bond donors (Lipinski definition) is 1. The van der Waals surface area contributed by atoms with E-state index in [0.29, 0.717) is 12.1 Å². The molecule has 0 fully saturated rings. The van der Waals surface area contributed by atoms with Crippen LogP contribution in [0, 0.1) is 0 Å². The van der Waals surface area contributed by atoms with Crippen LogP contribution < -0.4 is 5.32 Å². The maximum Gasteiger partial charge on any atom is 0.0594 e. The molecule has 0 aromatic heterocycles. The van der Waals surface area contributed by atoms with E-state index in [4.69, 9.17) is 4.74 Å². The molecule has 0 heterocycles. The van der Waals surface area contributed by atoms with Gasteiger partial charge in [-0.3, -0.25) is 0 Å². The molecule has 1 N–H and O–H groups in total. The molecule has 0 saturated heterocycles. The first-order valence-electron chi connectivity index (χ1n) is 7.64. The highest BCUT2D eigenvalue weighted by Crippen LogP contribution is 2.19. The molecule has 1 aromatic rings. The van der Waals surface area contributed by atoms with Crippen molar-refractivity contribution in [2.45, 2.75) is 58.6 Å². The Hall–Kier alpha value is -0.860. The zero-order valence-corrected chi connectivity index (χ0v) is 12.7. The first-order chi connectivity index (χ1) is 9.24. The number of nitrogens with one attached hydrogen (secondary N) is 1. The Kier molecular flexibility index (Phi) is 8.52. The van der Waals surface area contributed by atoms with Crippen molar-refractivity contribution in [2.24, 2.45) is 0 Å². The number of unbranched alkanes of at least 4 members (excludes halogenated alkanes) is 2. The number of benzene rings is 1. The lowest BCUT2D eigenvalue weighted by molar-refractivity contribution is 0.0791. The average Bonchev–Trinajstić information content (AvgIpc) is 2.42. The minimum atomic E-state index is 0.317. The molecule has 108 valence electrons. The summed E-state index contributed by atoms with van der Waals surface area (Å²) < 4.78 is 5.59. The summed E-state index contributed by atoms with van der Waals surface area (Å²) in [6.45, 7) is 8.12. The maximum atomic E-state index is 5.59. The van der Waals surface area contributed by atoms with Crippen LogP contribution in [0.25, 0.3) is 0 Å². The fraction of sp³-hybridized carbons (Fsp3) is 0.647. The predicted octanol–water partition coefficient (Wildman–Crippen LogP) is 4.32. The molecule has 2 nitrogen and oxygen atoms in total. The van der Waals surface area contributed by atoms with Gasteiger partial charge in [-0.05, 0) is 25.8 Å². The molecule has 2 heteroatoms. The van der Waals surface area contributed by atoms with Crippen LogP contribution >= 0.6 is 0 Å². The van der Waals surface area contributed by atoms with Crippen molar-refractivity contribution in [3.8, 4) is 0 Å². The van der Waals surface area contributed by atoms with Crippen LogP contribution in [0.4, 0.5) is 0 Å². The smallest absolute Gasteiger partial charge is 0.0594 e. The van der Waals surface area contributed by atoms with E-state index in [1.807, 2.05) is 0 Å². The highest BCUT2D eigenvalue weighted by atomic mass is 16.5. The maximum absolute atomic E-state index is 5.59. The Morgan fingerprint density at radius 2 is 1.84 bits per heavy atom. The van der Waals surface area contributed by atoms with Gasteiger partial charge >= 0.3 is 0 Å². The molecular weight excluding hydrogens is 234 g/mol. The standard InChI is InChI=1S/C17H29NO/c1-4-5-7-12-17(16-10-8-6-9-11-16)18-13-14-19-15(2)3/h6,8-11,15,17-18H,4-5,7,12-14H2,1-3H3. The minimum absolute atomic E-state index is 0.317. The van der Waals surface area contributed by atoms with Gasteiger partial charge in [0.1, 0.15) is 0 Å². The Labute approximate surface area is 118 Å². The van der Waals surface area contributed by atoms with Gasteiger partial charge in [0.15, 0.2) is 0 Å². The molecule has 0 aliphatic rings. The molecule has 1 atom stereocenters.